The van der Waals surface area contributed by atoms with Crippen LogP contribution in [0.5, 0.6) is 0 Å². The molecule has 0 aromatic heterocycles. The zero-order chi connectivity index (χ0) is 18.7. The summed E-state index contributed by atoms with van der Waals surface area (Å²) in [4.78, 5) is 0. The van der Waals surface area contributed by atoms with E-state index in [2.05, 4.69) is 38.1 Å². The molecule has 2 aromatic carbocycles. The van der Waals surface area contributed by atoms with Crippen LogP contribution in [0.1, 0.15) is 88.2 Å². The summed E-state index contributed by atoms with van der Waals surface area (Å²) in [5.41, 5.74) is 2.64. The van der Waals surface area contributed by atoms with E-state index in [1.54, 1.807) is 0 Å². The van der Waals surface area contributed by atoms with Gasteiger partial charge >= 0.3 is 0 Å². The highest BCUT2D eigenvalue weighted by atomic mass is 14.0. The van der Waals surface area contributed by atoms with Gasteiger partial charge in [0.1, 0.15) is 0 Å². The van der Waals surface area contributed by atoms with Gasteiger partial charge in [-0.1, -0.05) is 149 Å². The fourth-order valence-electron chi connectivity index (χ4n) is 3.19. The van der Waals surface area contributed by atoms with Crippen molar-refractivity contribution in [3.63, 3.8) is 0 Å². The molecule has 0 atom stereocenters. The minimum absolute atomic E-state index is 1.32. The van der Waals surface area contributed by atoms with E-state index >= 15 is 0 Å². The highest BCUT2D eigenvalue weighted by Gasteiger charge is 1.96. The van der Waals surface area contributed by atoms with Crippen molar-refractivity contribution in [3.05, 3.63) is 71.8 Å². The highest BCUT2D eigenvalue weighted by molar-refractivity contribution is 5.12. The number of rotatable bonds is 0. The molecule has 0 saturated heterocycles. The summed E-state index contributed by atoms with van der Waals surface area (Å²) in [6.07, 6.45) is 18.0. The molecule has 0 heteroatoms. The van der Waals surface area contributed by atoms with Crippen LogP contribution in [0.2, 0.25) is 0 Å². The minimum Gasteiger partial charge on any atom is -0.0622 e. The minimum atomic E-state index is 1.32. The summed E-state index contributed by atoms with van der Waals surface area (Å²) in [6.45, 7) is 4.17. The van der Waals surface area contributed by atoms with E-state index in [0.29, 0.717) is 0 Å². The van der Waals surface area contributed by atoms with Gasteiger partial charge in [-0.3, -0.25) is 0 Å². The van der Waals surface area contributed by atoms with Gasteiger partial charge in [0.2, 0.25) is 0 Å². The summed E-state index contributed by atoms with van der Waals surface area (Å²) >= 11 is 0. The topological polar surface area (TPSA) is 0 Å². The van der Waals surface area contributed by atoms with Crippen molar-refractivity contribution in [2.24, 2.45) is 0 Å². The normalized spacial score (nSPS) is 15.8. The van der Waals surface area contributed by atoms with Crippen LogP contribution in [-0.4, -0.2) is 0 Å². The summed E-state index contributed by atoms with van der Waals surface area (Å²) in [5.74, 6) is 0. The van der Waals surface area contributed by atoms with Crippen LogP contribution in [0.3, 0.4) is 0 Å². The first-order valence-electron chi connectivity index (χ1n) is 10.8. The molecule has 2 aliphatic carbocycles. The van der Waals surface area contributed by atoms with Gasteiger partial charge in [0.15, 0.2) is 0 Å². The van der Waals surface area contributed by atoms with Gasteiger partial charge in [0.25, 0.3) is 0 Å². The standard InChI is InChI=1S/2C7H8.2C6H12/c2*1-7-5-3-2-4-6-7;2*1-2-4-6-5-3-1/h2*2-6H,1H3;2*1-6H2. The third kappa shape index (κ3) is 14.8. The Kier molecular flexibility index (Phi) is 14.6. The lowest BCUT2D eigenvalue weighted by Crippen LogP contribution is -1.85. The lowest BCUT2D eigenvalue weighted by Gasteiger charge is -2.05. The molecule has 144 valence electrons. The van der Waals surface area contributed by atoms with Gasteiger partial charge in [0, 0.05) is 0 Å². The zero-order valence-electron chi connectivity index (χ0n) is 17.3. The van der Waals surface area contributed by atoms with Crippen molar-refractivity contribution in [2.45, 2.75) is 90.9 Å². The van der Waals surface area contributed by atoms with Crippen LogP contribution < -0.4 is 0 Å². The van der Waals surface area contributed by atoms with Crippen molar-refractivity contribution in [1.82, 2.24) is 0 Å². The molecule has 2 aliphatic rings. The molecule has 0 unspecified atom stereocenters. The first-order valence-corrected chi connectivity index (χ1v) is 10.8. The monoisotopic (exact) mass is 352 g/mol. The molecule has 0 spiro atoms. The molecular formula is C26H40. The summed E-state index contributed by atoms with van der Waals surface area (Å²) in [6, 6.07) is 20.5. The Morgan fingerprint density at radius 1 is 0.346 bits per heavy atom. The maximum absolute atomic E-state index is 2.08. The van der Waals surface area contributed by atoms with Crippen LogP contribution in [-0.2, 0) is 0 Å². The molecule has 2 fully saturated rings. The second kappa shape index (κ2) is 16.9. The Morgan fingerprint density at radius 3 is 0.654 bits per heavy atom. The molecule has 0 N–H and O–H groups in total. The van der Waals surface area contributed by atoms with E-state index in [-0.39, 0.29) is 0 Å². The molecule has 0 heterocycles. The van der Waals surface area contributed by atoms with Gasteiger partial charge < -0.3 is 0 Å². The molecule has 26 heavy (non-hydrogen) atoms. The maximum Gasteiger partial charge on any atom is -0.0398 e. The lowest BCUT2D eigenvalue weighted by molar-refractivity contribution is 0.504. The molecule has 0 amide bonds. The van der Waals surface area contributed by atoms with E-state index < -0.39 is 0 Å². The Morgan fingerprint density at radius 2 is 0.538 bits per heavy atom. The van der Waals surface area contributed by atoms with E-state index in [4.69, 9.17) is 0 Å². The fraction of sp³-hybridized carbons (Fsp3) is 0.538. The third-order valence-corrected chi connectivity index (χ3v) is 4.88. The Balaban J connectivity index is 0.000000174. The lowest BCUT2D eigenvalue weighted by atomic mass is 10.0. The number of benzene rings is 2. The quantitative estimate of drug-likeness (QED) is 0.445. The number of aryl methyl sites for hydroxylation is 2. The Labute approximate surface area is 163 Å². The number of hydrogen-bond acceptors (Lipinski definition) is 0. The van der Waals surface area contributed by atoms with Crippen LogP contribution in [0.4, 0.5) is 0 Å². The third-order valence-electron chi connectivity index (χ3n) is 4.88. The number of hydrogen-bond donors (Lipinski definition) is 0. The second-order valence-corrected chi connectivity index (χ2v) is 7.55. The van der Waals surface area contributed by atoms with Gasteiger partial charge in [-0.15, -0.1) is 0 Å². The van der Waals surface area contributed by atoms with Gasteiger partial charge in [-0.25, -0.2) is 0 Å². The smallest absolute Gasteiger partial charge is 0.0398 e. The van der Waals surface area contributed by atoms with Gasteiger partial charge in [0.05, 0.1) is 0 Å². The van der Waals surface area contributed by atoms with Crippen molar-refractivity contribution >= 4 is 0 Å². The average molecular weight is 353 g/mol. The largest absolute Gasteiger partial charge is 0.0622 e. The molecule has 0 aliphatic heterocycles. The van der Waals surface area contributed by atoms with Crippen LogP contribution in [0, 0.1) is 13.8 Å². The maximum atomic E-state index is 2.08. The van der Waals surface area contributed by atoms with Crippen molar-refractivity contribution in [2.75, 3.05) is 0 Å². The molecule has 0 radical (unpaired) electrons. The predicted molar refractivity (Wildman–Crippen MR) is 118 cm³/mol. The van der Waals surface area contributed by atoms with E-state index in [1.807, 2.05) is 36.4 Å². The molecule has 2 aromatic rings. The zero-order valence-corrected chi connectivity index (χ0v) is 17.3. The second-order valence-electron chi connectivity index (χ2n) is 7.55. The highest BCUT2D eigenvalue weighted by Crippen LogP contribution is 2.15. The van der Waals surface area contributed by atoms with Gasteiger partial charge in [-0.05, 0) is 13.8 Å². The van der Waals surface area contributed by atoms with Crippen LogP contribution in [0.25, 0.3) is 0 Å². The van der Waals surface area contributed by atoms with Crippen LogP contribution >= 0.6 is 0 Å². The van der Waals surface area contributed by atoms with Crippen molar-refractivity contribution in [1.29, 1.82) is 0 Å². The Hall–Kier alpha value is -1.56. The first kappa shape index (κ1) is 22.5. The summed E-state index contributed by atoms with van der Waals surface area (Å²) < 4.78 is 0. The van der Waals surface area contributed by atoms with E-state index in [9.17, 15) is 0 Å². The molecular weight excluding hydrogens is 312 g/mol. The molecule has 2 saturated carbocycles. The summed E-state index contributed by atoms with van der Waals surface area (Å²) in [5, 5.41) is 0. The predicted octanol–water partition coefficient (Wildman–Crippen LogP) is 8.67. The first-order chi connectivity index (χ1) is 12.8. The summed E-state index contributed by atoms with van der Waals surface area (Å²) in [7, 11) is 0. The Bertz CT molecular complexity index is 420. The van der Waals surface area contributed by atoms with Crippen molar-refractivity contribution < 1.29 is 0 Å². The average Bonchev–Trinajstić information content (AvgIpc) is 2.73. The SMILES string of the molecule is C1CCCCC1.C1CCCCC1.Cc1ccccc1.Cc1ccccc1. The van der Waals surface area contributed by atoms with E-state index in [1.165, 1.54) is 88.2 Å². The molecule has 4 rings (SSSR count). The van der Waals surface area contributed by atoms with E-state index in [0.717, 1.165) is 0 Å². The van der Waals surface area contributed by atoms with Crippen LogP contribution in [0.15, 0.2) is 60.7 Å². The fourth-order valence-corrected chi connectivity index (χ4v) is 3.19. The molecule has 0 nitrogen and oxygen atoms in total. The molecule has 0 bridgehead atoms. The van der Waals surface area contributed by atoms with Gasteiger partial charge in [-0.2, -0.15) is 0 Å². The van der Waals surface area contributed by atoms with Crippen molar-refractivity contribution in [3.8, 4) is 0 Å².